The summed E-state index contributed by atoms with van der Waals surface area (Å²) in [7, 11) is 0. The Kier molecular flexibility index (Phi) is 11.7. The third-order valence-electron chi connectivity index (χ3n) is 6.28. The molecule has 27 heavy (non-hydrogen) atoms. The molecule has 0 bridgehead atoms. The molecular formula is C25H42O2. The van der Waals surface area contributed by atoms with Crippen LogP contribution < -0.4 is 0 Å². The highest BCUT2D eigenvalue weighted by molar-refractivity contribution is 5.35. The standard InChI is InChI=1S/C25H42O2/c1-5-23(21(2)13-11-19-26)16-18-25(4)17-10-8-6-7-9-15-24(25)22(3)14-12-20-27/h6,8,22,24,26-27H,5,7,9-15,17,19-20H2,1-4H3/b8-6-,23-21+. The molecular weight excluding hydrogens is 332 g/mol. The van der Waals surface area contributed by atoms with E-state index in [1.165, 1.54) is 30.4 Å². The first-order chi connectivity index (χ1) is 13.0. The molecule has 0 fully saturated rings. The van der Waals surface area contributed by atoms with Crippen LogP contribution in [0.5, 0.6) is 0 Å². The number of hydrogen-bond acceptors (Lipinski definition) is 2. The first kappa shape index (κ1) is 24.0. The largest absolute Gasteiger partial charge is 0.396 e. The van der Waals surface area contributed by atoms with Gasteiger partial charge in [-0.05, 0) is 89.9 Å². The smallest absolute Gasteiger partial charge is 0.0434 e. The van der Waals surface area contributed by atoms with Crippen LogP contribution in [0.3, 0.4) is 0 Å². The second kappa shape index (κ2) is 13.2. The minimum absolute atomic E-state index is 0.0151. The Bertz CT molecular complexity index is 534. The first-order valence-electron chi connectivity index (χ1n) is 11.1. The lowest BCUT2D eigenvalue weighted by atomic mass is 9.66. The summed E-state index contributed by atoms with van der Waals surface area (Å²) in [6.45, 7) is 9.61. The van der Waals surface area contributed by atoms with Crippen molar-refractivity contribution in [3.63, 3.8) is 0 Å². The van der Waals surface area contributed by atoms with Crippen LogP contribution in [-0.2, 0) is 0 Å². The van der Waals surface area contributed by atoms with E-state index < -0.39 is 0 Å². The van der Waals surface area contributed by atoms with Gasteiger partial charge in [-0.3, -0.25) is 0 Å². The van der Waals surface area contributed by atoms with E-state index in [1.54, 1.807) is 0 Å². The summed E-state index contributed by atoms with van der Waals surface area (Å²) in [5.41, 5.74) is 2.60. The molecule has 0 aromatic carbocycles. The number of rotatable bonds is 8. The molecule has 2 heteroatoms. The molecule has 0 aromatic heterocycles. The van der Waals surface area contributed by atoms with Crippen molar-refractivity contribution in [2.75, 3.05) is 13.2 Å². The zero-order chi connectivity index (χ0) is 20.1. The van der Waals surface area contributed by atoms with Gasteiger partial charge in [0.05, 0.1) is 0 Å². The summed E-state index contributed by atoms with van der Waals surface area (Å²) in [6.07, 6.45) is 15.2. The Hall–Kier alpha value is -1.04. The SMILES string of the molecule is CC/C(C#CC1(C)CC/C=C\CCCC1C(C)CCCO)=C(/C)CCCO. The fraction of sp³-hybridized carbons (Fsp3) is 0.760. The summed E-state index contributed by atoms with van der Waals surface area (Å²) in [4.78, 5) is 0. The van der Waals surface area contributed by atoms with Crippen molar-refractivity contribution in [3.05, 3.63) is 23.3 Å². The fourth-order valence-electron chi connectivity index (χ4n) is 4.47. The van der Waals surface area contributed by atoms with Gasteiger partial charge in [-0.2, -0.15) is 0 Å². The van der Waals surface area contributed by atoms with Gasteiger partial charge < -0.3 is 10.2 Å². The fourth-order valence-corrected chi connectivity index (χ4v) is 4.47. The molecule has 3 atom stereocenters. The monoisotopic (exact) mass is 374 g/mol. The van der Waals surface area contributed by atoms with Gasteiger partial charge in [0.15, 0.2) is 0 Å². The quantitative estimate of drug-likeness (QED) is 0.401. The topological polar surface area (TPSA) is 40.5 Å². The Morgan fingerprint density at radius 2 is 1.89 bits per heavy atom. The average molecular weight is 375 g/mol. The molecule has 1 rings (SSSR count). The Balaban J connectivity index is 3.14. The van der Waals surface area contributed by atoms with Gasteiger partial charge in [-0.1, -0.05) is 43.4 Å². The van der Waals surface area contributed by atoms with E-state index in [1.807, 2.05) is 0 Å². The first-order valence-corrected chi connectivity index (χ1v) is 11.1. The zero-order valence-corrected chi connectivity index (χ0v) is 18.2. The predicted molar refractivity (Wildman–Crippen MR) is 116 cm³/mol. The molecule has 0 aromatic rings. The normalized spacial score (nSPS) is 26.7. The van der Waals surface area contributed by atoms with Gasteiger partial charge in [-0.15, -0.1) is 0 Å². The van der Waals surface area contributed by atoms with E-state index in [9.17, 15) is 5.11 Å². The highest BCUT2D eigenvalue weighted by Gasteiger charge is 2.35. The van der Waals surface area contributed by atoms with Crippen molar-refractivity contribution in [2.24, 2.45) is 17.3 Å². The molecule has 0 amide bonds. The van der Waals surface area contributed by atoms with Crippen molar-refractivity contribution in [1.82, 2.24) is 0 Å². The van der Waals surface area contributed by atoms with E-state index in [4.69, 9.17) is 5.11 Å². The van der Waals surface area contributed by atoms with E-state index in [0.717, 1.165) is 44.9 Å². The van der Waals surface area contributed by atoms with Crippen LogP contribution in [0, 0.1) is 29.1 Å². The Labute approximate surface area is 168 Å². The highest BCUT2D eigenvalue weighted by Crippen LogP contribution is 2.42. The second-order valence-electron chi connectivity index (χ2n) is 8.50. The maximum atomic E-state index is 9.27. The third kappa shape index (κ3) is 8.24. The summed E-state index contributed by atoms with van der Waals surface area (Å²) >= 11 is 0. The average Bonchev–Trinajstić information content (AvgIpc) is 2.75. The third-order valence-corrected chi connectivity index (χ3v) is 6.28. The van der Waals surface area contributed by atoms with Gasteiger partial charge in [0.2, 0.25) is 0 Å². The lowest BCUT2D eigenvalue weighted by Crippen LogP contribution is -2.31. The highest BCUT2D eigenvalue weighted by atomic mass is 16.3. The molecule has 1 aliphatic rings. The van der Waals surface area contributed by atoms with Crippen LogP contribution >= 0.6 is 0 Å². The van der Waals surface area contributed by atoms with E-state index >= 15 is 0 Å². The summed E-state index contributed by atoms with van der Waals surface area (Å²) in [5, 5.41) is 18.4. The van der Waals surface area contributed by atoms with E-state index in [0.29, 0.717) is 11.8 Å². The molecule has 0 spiro atoms. The van der Waals surface area contributed by atoms with E-state index in [-0.39, 0.29) is 18.6 Å². The number of allylic oxidation sites excluding steroid dienone is 4. The van der Waals surface area contributed by atoms with Gasteiger partial charge >= 0.3 is 0 Å². The minimum atomic E-state index is 0.0151. The molecule has 154 valence electrons. The molecule has 0 saturated carbocycles. The maximum Gasteiger partial charge on any atom is 0.0434 e. The summed E-state index contributed by atoms with van der Waals surface area (Å²) in [5.74, 6) is 8.47. The van der Waals surface area contributed by atoms with Crippen LogP contribution in [0.4, 0.5) is 0 Å². The van der Waals surface area contributed by atoms with Crippen LogP contribution in [0.15, 0.2) is 23.3 Å². The molecule has 0 radical (unpaired) electrons. The Morgan fingerprint density at radius 1 is 1.19 bits per heavy atom. The zero-order valence-electron chi connectivity index (χ0n) is 18.2. The van der Waals surface area contributed by atoms with E-state index in [2.05, 4.69) is 51.7 Å². The second-order valence-corrected chi connectivity index (χ2v) is 8.50. The van der Waals surface area contributed by atoms with Crippen molar-refractivity contribution in [2.45, 2.75) is 91.9 Å². The van der Waals surface area contributed by atoms with Gasteiger partial charge in [-0.25, -0.2) is 0 Å². The van der Waals surface area contributed by atoms with Crippen molar-refractivity contribution >= 4 is 0 Å². The predicted octanol–water partition coefficient (Wildman–Crippen LogP) is 6.04. The number of aliphatic hydroxyl groups is 2. The van der Waals surface area contributed by atoms with Crippen LogP contribution in [0.1, 0.15) is 91.9 Å². The lowest BCUT2D eigenvalue weighted by molar-refractivity contribution is 0.148. The van der Waals surface area contributed by atoms with Gasteiger partial charge in [0.25, 0.3) is 0 Å². The molecule has 3 unspecified atom stereocenters. The molecule has 0 aliphatic heterocycles. The maximum absolute atomic E-state index is 9.27. The Morgan fingerprint density at radius 3 is 2.56 bits per heavy atom. The lowest BCUT2D eigenvalue weighted by Gasteiger charge is -2.38. The summed E-state index contributed by atoms with van der Waals surface area (Å²) < 4.78 is 0. The molecule has 2 nitrogen and oxygen atoms in total. The van der Waals surface area contributed by atoms with Crippen molar-refractivity contribution in [1.29, 1.82) is 0 Å². The minimum Gasteiger partial charge on any atom is -0.396 e. The van der Waals surface area contributed by atoms with Crippen LogP contribution in [0.25, 0.3) is 0 Å². The molecule has 1 aliphatic carbocycles. The number of aliphatic hydroxyl groups excluding tert-OH is 2. The molecule has 0 saturated heterocycles. The van der Waals surface area contributed by atoms with Crippen molar-refractivity contribution < 1.29 is 10.2 Å². The van der Waals surface area contributed by atoms with Gasteiger partial charge in [0.1, 0.15) is 0 Å². The number of hydrogen-bond donors (Lipinski definition) is 2. The van der Waals surface area contributed by atoms with Gasteiger partial charge in [0, 0.05) is 24.2 Å². The van der Waals surface area contributed by atoms with Crippen molar-refractivity contribution in [3.8, 4) is 11.8 Å². The van der Waals surface area contributed by atoms with Crippen LogP contribution in [0.2, 0.25) is 0 Å². The molecule has 2 N–H and O–H groups in total. The molecule has 0 heterocycles. The summed E-state index contributed by atoms with van der Waals surface area (Å²) in [6, 6.07) is 0. The van der Waals surface area contributed by atoms with Crippen LogP contribution in [-0.4, -0.2) is 23.4 Å².